The Morgan fingerprint density at radius 1 is 1.11 bits per heavy atom. The minimum atomic E-state index is 0.269. The van der Waals surface area contributed by atoms with Crippen molar-refractivity contribution < 1.29 is 9.47 Å². The van der Waals surface area contributed by atoms with Crippen molar-refractivity contribution in [2.24, 2.45) is 5.41 Å². The molecule has 1 fully saturated rings. The van der Waals surface area contributed by atoms with Crippen molar-refractivity contribution in [3.8, 4) is 11.5 Å². The van der Waals surface area contributed by atoms with Crippen LogP contribution in [-0.2, 0) is 13.0 Å². The van der Waals surface area contributed by atoms with Gasteiger partial charge in [-0.05, 0) is 48.9 Å². The summed E-state index contributed by atoms with van der Waals surface area (Å²) in [6, 6.07) is 6.36. The third-order valence-corrected chi connectivity index (χ3v) is 5.58. The van der Waals surface area contributed by atoms with Gasteiger partial charge in [0.25, 0.3) is 0 Å². The Kier molecular flexibility index (Phi) is 5.04. The lowest BCUT2D eigenvalue weighted by Gasteiger charge is -2.40. The van der Waals surface area contributed by atoms with E-state index in [4.69, 9.17) is 9.47 Å². The maximum Gasteiger partial charge on any atom is 0.231 e. The number of ether oxygens (including phenoxy) is 2. The molecule has 0 radical (unpaired) electrons. The second-order valence-electron chi connectivity index (χ2n) is 8.59. The highest BCUT2D eigenvalue weighted by Gasteiger charge is 2.31. The number of hydrogen-bond acceptors (Lipinski definition) is 5. The summed E-state index contributed by atoms with van der Waals surface area (Å²) in [5.41, 5.74) is 2.80. The Bertz CT molecular complexity index is 791. The van der Waals surface area contributed by atoms with Crippen LogP contribution in [0.1, 0.15) is 56.5 Å². The third-order valence-electron chi connectivity index (χ3n) is 5.58. The first-order valence-corrected chi connectivity index (χ1v) is 9.92. The van der Waals surface area contributed by atoms with Gasteiger partial charge in [0.15, 0.2) is 11.5 Å². The number of rotatable bonds is 5. The van der Waals surface area contributed by atoms with Crippen LogP contribution in [0.25, 0.3) is 0 Å². The summed E-state index contributed by atoms with van der Waals surface area (Å²) in [7, 11) is 0. The highest BCUT2D eigenvalue weighted by molar-refractivity contribution is 5.44. The summed E-state index contributed by atoms with van der Waals surface area (Å²) in [5, 5.41) is 0. The predicted molar refractivity (Wildman–Crippen MR) is 105 cm³/mol. The van der Waals surface area contributed by atoms with E-state index in [-0.39, 0.29) is 5.41 Å². The van der Waals surface area contributed by atoms with Crippen molar-refractivity contribution in [2.45, 2.75) is 52.5 Å². The molecular weight excluding hydrogens is 338 g/mol. The van der Waals surface area contributed by atoms with Gasteiger partial charge in [-0.15, -0.1) is 0 Å². The Labute approximate surface area is 161 Å². The largest absolute Gasteiger partial charge is 0.454 e. The number of benzene rings is 1. The molecule has 2 aliphatic heterocycles. The van der Waals surface area contributed by atoms with Crippen LogP contribution >= 0.6 is 0 Å². The van der Waals surface area contributed by atoms with Gasteiger partial charge >= 0.3 is 0 Å². The molecule has 1 aromatic heterocycles. The molecule has 0 N–H and O–H groups in total. The van der Waals surface area contributed by atoms with Crippen molar-refractivity contribution in [3.05, 3.63) is 47.5 Å². The van der Waals surface area contributed by atoms with Crippen LogP contribution in [0.15, 0.2) is 30.6 Å². The van der Waals surface area contributed by atoms with Gasteiger partial charge in [0.2, 0.25) is 6.79 Å². The molecule has 0 amide bonds. The maximum atomic E-state index is 5.54. The molecule has 0 saturated carbocycles. The number of piperidine rings is 1. The van der Waals surface area contributed by atoms with E-state index in [1.807, 2.05) is 18.5 Å². The van der Waals surface area contributed by atoms with Crippen LogP contribution in [-0.4, -0.2) is 34.8 Å². The molecule has 2 aromatic rings. The number of hydrogen-bond donors (Lipinski definition) is 0. The zero-order valence-electron chi connectivity index (χ0n) is 16.6. The van der Waals surface area contributed by atoms with Gasteiger partial charge < -0.3 is 9.47 Å². The summed E-state index contributed by atoms with van der Waals surface area (Å²) < 4.78 is 11.0. The Morgan fingerprint density at radius 2 is 1.89 bits per heavy atom. The number of likely N-dealkylation sites (tertiary alicyclic amines) is 1. The quantitative estimate of drug-likeness (QED) is 0.794. The first kappa shape index (κ1) is 18.2. The first-order chi connectivity index (χ1) is 13.0. The normalized spacial score (nSPS) is 22.4. The van der Waals surface area contributed by atoms with Gasteiger partial charge in [0.05, 0.1) is 0 Å². The molecule has 3 heterocycles. The smallest absolute Gasteiger partial charge is 0.231 e. The second-order valence-corrected chi connectivity index (χ2v) is 8.59. The van der Waals surface area contributed by atoms with Crippen LogP contribution < -0.4 is 9.47 Å². The van der Waals surface area contributed by atoms with Crippen LogP contribution in [0, 0.1) is 5.41 Å². The molecule has 1 aromatic carbocycles. The van der Waals surface area contributed by atoms with Crippen LogP contribution in [0.2, 0.25) is 0 Å². The zero-order valence-corrected chi connectivity index (χ0v) is 16.6. The molecule has 4 rings (SSSR count). The number of aromatic nitrogens is 2. The van der Waals surface area contributed by atoms with E-state index in [9.17, 15) is 0 Å². The first-order valence-electron chi connectivity index (χ1n) is 9.92. The summed E-state index contributed by atoms with van der Waals surface area (Å²) in [5.74, 6) is 3.04. The fourth-order valence-corrected chi connectivity index (χ4v) is 4.25. The molecule has 0 aliphatic carbocycles. The Balaban J connectivity index is 1.40. The lowest BCUT2D eigenvalue weighted by Crippen LogP contribution is -2.42. The molecule has 1 atom stereocenters. The topological polar surface area (TPSA) is 47.5 Å². The third kappa shape index (κ3) is 4.24. The van der Waals surface area contributed by atoms with E-state index in [0.717, 1.165) is 43.4 Å². The summed E-state index contributed by atoms with van der Waals surface area (Å²) in [4.78, 5) is 11.6. The summed E-state index contributed by atoms with van der Waals surface area (Å²) >= 11 is 0. The van der Waals surface area contributed by atoms with E-state index < -0.39 is 0 Å². The minimum Gasteiger partial charge on any atom is -0.454 e. The highest BCUT2D eigenvalue weighted by atomic mass is 16.7. The van der Waals surface area contributed by atoms with Gasteiger partial charge in [0, 0.05) is 37.0 Å². The van der Waals surface area contributed by atoms with Crippen molar-refractivity contribution in [1.82, 2.24) is 14.9 Å². The lowest BCUT2D eigenvalue weighted by atomic mass is 9.77. The lowest BCUT2D eigenvalue weighted by molar-refractivity contribution is 0.0968. The van der Waals surface area contributed by atoms with Crippen molar-refractivity contribution >= 4 is 0 Å². The Morgan fingerprint density at radius 3 is 2.67 bits per heavy atom. The average Bonchev–Trinajstić information content (AvgIpc) is 3.09. The van der Waals surface area contributed by atoms with Crippen molar-refractivity contribution in [3.63, 3.8) is 0 Å². The fourth-order valence-electron chi connectivity index (χ4n) is 4.25. The monoisotopic (exact) mass is 367 g/mol. The van der Waals surface area contributed by atoms with E-state index in [1.54, 1.807) is 0 Å². The zero-order chi connectivity index (χ0) is 18.9. The highest BCUT2D eigenvalue weighted by Crippen LogP contribution is 2.37. The molecule has 1 saturated heterocycles. The minimum absolute atomic E-state index is 0.269. The van der Waals surface area contributed by atoms with Crippen LogP contribution in [0.4, 0.5) is 0 Å². The van der Waals surface area contributed by atoms with E-state index >= 15 is 0 Å². The maximum absolute atomic E-state index is 5.54. The van der Waals surface area contributed by atoms with Gasteiger partial charge in [-0.1, -0.05) is 26.8 Å². The molecule has 0 unspecified atom stereocenters. The molecule has 0 bridgehead atoms. The van der Waals surface area contributed by atoms with Crippen LogP contribution in [0.5, 0.6) is 11.5 Å². The van der Waals surface area contributed by atoms with Crippen LogP contribution in [0.3, 0.4) is 0 Å². The van der Waals surface area contributed by atoms with Gasteiger partial charge in [-0.25, -0.2) is 9.97 Å². The molecule has 27 heavy (non-hydrogen) atoms. The Hall–Kier alpha value is -2.14. The molecule has 5 nitrogen and oxygen atoms in total. The summed E-state index contributed by atoms with van der Waals surface area (Å²) in [6.45, 7) is 10.1. The van der Waals surface area contributed by atoms with Crippen molar-refractivity contribution in [2.75, 3.05) is 19.9 Å². The predicted octanol–water partition coefficient (Wildman–Crippen LogP) is 4.17. The second kappa shape index (κ2) is 7.47. The van der Waals surface area contributed by atoms with Gasteiger partial charge in [-0.2, -0.15) is 0 Å². The summed E-state index contributed by atoms with van der Waals surface area (Å²) in [6.07, 6.45) is 7.52. The van der Waals surface area contributed by atoms with Crippen molar-refractivity contribution in [1.29, 1.82) is 0 Å². The molecule has 2 aliphatic rings. The molecule has 0 spiro atoms. The molecular formula is C22H29N3O2. The SMILES string of the molecule is CC(C)c1ncc(CN2CCC[C@](C)(Cc3ccc4c(c3)OCO4)C2)cn1. The fraction of sp³-hybridized carbons (Fsp3) is 0.545. The van der Waals surface area contributed by atoms with E-state index in [0.29, 0.717) is 12.7 Å². The molecule has 144 valence electrons. The number of nitrogens with zero attached hydrogens (tertiary/aromatic N) is 3. The number of fused-ring (bicyclic) bond motifs is 1. The van der Waals surface area contributed by atoms with Gasteiger partial charge in [-0.3, -0.25) is 4.90 Å². The van der Waals surface area contributed by atoms with Gasteiger partial charge in [0.1, 0.15) is 5.82 Å². The van der Waals surface area contributed by atoms with E-state index in [1.165, 1.54) is 24.0 Å². The molecule has 5 heteroatoms. The average molecular weight is 367 g/mol. The standard InChI is InChI=1S/C22H29N3O2/c1-16(2)21-23-11-18(12-24-21)13-25-8-4-7-22(3,14-25)10-17-5-6-19-20(9-17)27-15-26-19/h5-6,9,11-12,16H,4,7-8,10,13-15H2,1-3H3/t22-/m1/s1. The van der Waals surface area contributed by atoms with E-state index in [2.05, 4.69) is 47.8 Å².